The highest BCUT2D eigenvalue weighted by molar-refractivity contribution is 6.02. The van der Waals surface area contributed by atoms with Gasteiger partial charge in [0.15, 0.2) is 0 Å². The number of anilines is 2. The van der Waals surface area contributed by atoms with E-state index < -0.39 is 11.7 Å². The Morgan fingerprint density at radius 3 is 2.57 bits per heavy atom. The van der Waals surface area contributed by atoms with Gasteiger partial charge in [-0.1, -0.05) is 12.1 Å². The predicted octanol–water partition coefficient (Wildman–Crippen LogP) is 5.04. The number of hydrogen-bond acceptors (Lipinski definition) is 2. The van der Waals surface area contributed by atoms with E-state index in [0.717, 1.165) is 22.7 Å². The Morgan fingerprint density at radius 2 is 1.82 bits per heavy atom. The van der Waals surface area contributed by atoms with Crippen molar-refractivity contribution in [3.05, 3.63) is 60.3 Å². The Balaban J connectivity index is 1.40. The fourth-order valence-corrected chi connectivity index (χ4v) is 3.71. The summed E-state index contributed by atoms with van der Waals surface area (Å²) in [7, 11) is 0. The summed E-state index contributed by atoms with van der Waals surface area (Å²) in [6.45, 7) is 1.10. The Labute approximate surface area is 160 Å². The first kappa shape index (κ1) is 18.4. The molecule has 7 heteroatoms. The number of alkyl halides is 3. The van der Waals surface area contributed by atoms with E-state index in [-0.39, 0.29) is 11.8 Å². The molecule has 4 nitrogen and oxygen atoms in total. The highest BCUT2D eigenvalue weighted by Gasteiger charge is 2.31. The minimum Gasteiger partial charge on any atom is -0.371 e. The molecule has 1 aliphatic rings. The van der Waals surface area contributed by atoms with Crippen molar-refractivity contribution >= 4 is 28.2 Å². The van der Waals surface area contributed by atoms with E-state index >= 15 is 0 Å². The number of rotatable bonds is 3. The number of halogens is 3. The summed E-state index contributed by atoms with van der Waals surface area (Å²) in [4.78, 5) is 17.7. The lowest BCUT2D eigenvalue weighted by atomic mass is 9.95. The largest absolute Gasteiger partial charge is 0.416 e. The van der Waals surface area contributed by atoms with Gasteiger partial charge in [0.2, 0.25) is 5.91 Å². The fraction of sp³-hybridized carbons (Fsp3) is 0.286. The summed E-state index contributed by atoms with van der Waals surface area (Å²) < 4.78 is 38.8. The van der Waals surface area contributed by atoms with Crippen LogP contribution in [0.5, 0.6) is 0 Å². The minimum atomic E-state index is -4.35. The van der Waals surface area contributed by atoms with Crippen molar-refractivity contribution < 1.29 is 18.0 Å². The standard InChI is InChI=1S/C21H20F3N3O/c22-21(23,24)15-3-1-4-16(13-15)27-11-8-14(9-12-27)20(28)26-19-6-2-5-18-17(19)7-10-25-18/h1-7,10,13-14,25H,8-9,11-12H2,(H,26,28). The smallest absolute Gasteiger partial charge is 0.371 e. The van der Waals surface area contributed by atoms with Crippen molar-refractivity contribution in [2.45, 2.75) is 19.0 Å². The van der Waals surface area contributed by atoms with E-state index in [1.807, 2.05) is 35.4 Å². The van der Waals surface area contributed by atoms with Crippen LogP contribution >= 0.6 is 0 Å². The molecule has 3 aromatic rings. The van der Waals surface area contributed by atoms with Crippen molar-refractivity contribution in [3.63, 3.8) is 0 Å². The fourth-order valence-electron chi connectivity index (χ4n) is 3.71. The van der Waals surface area contributed by atoms with E-state index in [9.17, 15) is 18.0 Å². The van der Waals surface area contributed by atoms with Crippen LogP contribution in [-0.2, 0) is 11.0 Å². The van der Waals surface area contributed by atoms with Gasteiger partial charge in [0.1, 0.15) is 0 Å². The molecule has 146 valence electrons. The van der Waals surface area contributed by atoms with Crippen LogP contribution in [0.25, 0.3) is 10.9 Å². The number of carbonyl (C=O) groups excluding carboxylic acids is 1. The summed E-state index contributed by atoms with van der Waals surface area (Å²) in [6, 6.07) is 13.0. The number of piperidine rings is 1. The SMILES string of the molecule is O=C(Nc1cccc2[nH]ccc12)C1CCN(c2cccc(C(F)(F)F)c2)CC1. The number of aromatic nitrogens is 1. The molecule has 0 saturated carbocycles. The van der Waals surface area contributed by atoms with Gasteiger partial charge in [0, 0.05) is 41.8 Å². The monoisotopic (exact) mass is 387 g/mol. The van der Waals surface area contributed by atoms with Crippen LogP contribution in [0.2, 0.25) is 0 Å². The molecule has 2 heterocycles. The molecule has 28 heavy (non-hydrogen) atoms. The van der Waals surface area contributed by atoms with E-state index in [1.54, 1.807) is 6.07 Å². The molecule has 0 spiro atoms. The number of carbonyl (C=O) groups is 1. The Hall–Kier alpha value is -2.96. The average Bonchev–Trinajstić information content (AvgIpc) is 3.17. The lowest BCUT2D eigenvalue weighted by molar-refractivity contribution is -0.137. The van der Waals surface area contributed by atoms with Crippen LogP contribution < -0.4 is 10.2 Å². The van der Waals surface area contributed by atoms with E-state index in [0.29, 0.717) is 31.6 Å². The first-order valence-corrected chi connectivity index (χ1v) is 9.21. The van der Waals surface area contributed by atoms with Gasteiger partial charge in [0.25, 0.3) is 0 Å². The number of fused-ring (bicyclic) bond motifs is 1. The van der Waals surface area contributed by atoms with Crippen LogP contribution in [0.4, 0.5) is 24.5 Å². The first-order chi connectivity index (χ1) is 13.4. The maximum absolute atomic E-state index is 12.9. The predicted molar refractivity (Wildman–Crippen MR) is 103 cm³/mol. The average molecular weight is 387 g/mol. The van der Waals surface area contributed by atoms with Gasteiger partial charge < -0.3 is 15.2 Å². The zero-order valence-electron chi connectivity index (χ0n) is 15.1. The number of nitrogens with zero attached hydrogens (tertiary/aromatic N) is 1. The van der Waals surface area contributed by atoms with Crippen molar-refractivity contribution in [2.75, 3.05) is 23.3 Å². The molecule has 1 amide bonds. The third-order valence-corrected chi connectivity index (χ3v) is 5.26. The normalized spacial score (nSPS) is 15.8. The van der Waals surface area contributed by atoms with Gasteiger partial charge in [-0.05, 0) is 49.2 Å². The van der Waals surface area contributed by atoms with Crippen LogP contribution in [0.15, 0.2) is 54.7 Å². The van der Waals surface area contributed by atoms with Crippen molar-refractivity contribution in [1.82, 2.24) is 4.98 Å². The topological polar surface area (TPSA) is 48.1 Å². The van der Waals surface area contributed by atoms with Crippen LogP contribution in [0.3, 0.4) is 0 Å². The zero-order chi connectivity index (χ0) is 19.7. The molecular formula is C21H20F3N3O. The van der Waals surface area contributed by atoms with Crippen LogP contribution in [0.1, 0.15) is 18.4 Å². The van der Waals surface area contributed by atoms with Crippen LogP contribution in [-0.4, -0.2) is 24.0 Å². The van der Waals surface area contributed by atoms with Gasteiger partial charge in [-0.25, -0.2) is 0 Å². The molecule has 0 bridgehead atoms. The summed E-state index contributed by atoms with van der Waals surface area (Å²) in [6.07, 6.45) is -1.32. The third kappa shape index (κ3) is 3.69. The number of H-pyrrole nitrogens is 1. The lowest BCUT2D eigenvalue weighted by Gasteiger charge is -2.33. The van der Waals surface area contributed by atoms with Gasteiger partial charge in [-0.15, -0.1) is 0 Å². The van der Waals surface area contributed by atoms with E-state index in [2.05, 4.69) is 10.3 Å². The minimum absolute atomic E-state index is 0.0441. The second-order valence-corrected chi connectivity index (χ2v) is 7.04. The van der Waals surface area contributed by atoms with Gasteiger partial charge >= 0.3 is 6.18 Å². The summed E-state index contributed by atoms with van der Waals surface area (Å²) in [5.41, 5.74) is 1.62. The molecule has 1 aliphatic heterocycles. The molecule has 0 unspecified atom stereocenters. The van der Waals surface area contributed by atoms with E-state index in [4.69, 9.17) is 0 Å². The molecule has 0 atom stereocenters. The molecule has 1 saturated heterocycles. The Morgan fingerprint density at radius 1 is 1.07 bits per heavy atom. The second kappa shape index (κ2) is 7.22. The summed E-state index contributed by atoms with van der Waals surface area (Å²) in [5, 5.41) is 3.95. The third-order valence-electron chi connectivity index (χ3n) is 5.26. The number of nitrogens with one attached hydrogen (secondary N) is 2. The molecule has 4 rings (SSSR count). The van der Waals surface area contributed by atoms with Crippen LogP contribution in [0, 0.1) is 5.92 Å². The molecular weight excluding hydrogens is 367 g/mol. The van der Waals surface area contributed by atoms with Crippen molar-refractivity contribution in [2.24, 2.45) is 5.92 Å². The summed E-state index contributed by atoms with van der Waals surface area (Å²) in [5.74, 6) is -0.200. The number of hydrogen-bond donors (Lipinski definition) is 2. The quantitative estimate of drug-likeness (QED) is 0.661. The summed E-state index contributed by atoms with van der Waals surface area (Å²) >= 11 is 0. The maximum atomic E-state index is 12.9. The molecule has 2 N–H and O–H groups in total. The maximum Gasteiger partial charge on any atom is 0.416 e. The Kier molecular flexibility index (Phi) is 4.75. The van der Waals surface area contributed by atoms with Crippen molar-refractivity contribution in [1.29, 1.82) is 0 Å². The molecule has 1 fully saturated rings. The molecule has 1 aromatic heterocycles. The number of amides is 1. The number of benzene rings is 2. The Bertz CT molecular complexity index is 988. The van der Waals surface area contributed by atoms with Gasteiger partial charge in [0.05, 0.1) is 11.3 Å². The van der Waals surface area contributed by atoms with Gasteiger partial charge in [-0.2, -0.15) is 13.2 Å². The van der Waals surface area contributed by atoms with E-state index in [1.165, 1.54) is 12.1 Å². The lowest BCUT2D eigenvalue weighted by Crippen LogP contribution is -2.38. The number of aromatic amines is 1. The second-order valence-electron chi connectivity index (χ2n) is 7.04. The molecule has 0 radical (unpaired) electrons. The highest BCUT2D eigenvalue weighted by atomic mass is 19.4. The van der Waals surface area contributed by atoms with Gasteiger partial charge in [-0.3, -0.25) is 4.79 Å². The first-order valence-electron chi connectivity index (χ1n) is 9.21. The highest BCUT2D eigenvalue weighted by Crippen LogP contribution is 2.33. The molecule has 0 aliphatic carbocycles. The van der Waals surface area contributed by atoms with Crippen molar-refractivity contribution in [3.8, 4) is 0 Å². The zero-order valence-corrected chi connectivity index (χ0v) is 15.1. The molecule has 2 aromatic carbocycles.